The maximum absolute atomic E-state index is 11.8. The van der Waals surface area contributed by atoms with Gasteiger partial charge >= 0.3 is 5.76 Å². The number of benzene rings is 1. The van der Waals surface area contributed by atoms with Crippen molar-refractivity contribution in [3.05, 3.63) is 59.3 Å². The number of hydrogen-bond acceptors (Lipinski definition) is 6. The van der Waals surface area contributed by atoms with Crippen LogP contribution < -0.4 is 15.8 Å². The molecule has 124 valence electrons. The number of carbonyl (C=O) groups is 1. The van der Waals surface area contributed by atoms with E-state index in [1.165, 1.54) is 6.26 Å². The molecule has 3 rings (SSSR count). The van der Waals surface area contributed by atoms with Gasteiger partial charge in [-0.2, -0.15) is 4.68 Å². The Morgan fingerprint density at radius 3 is 2.79 bits per heavy atom. The molecule has 0 spiro atoms. The second-order valence-corrected chi connectivity index (χ2v) is 4.82. The third-order valence-electron chi connectivity index (χ3n) is 3.07. The molecule has 8 heteroatoms. The highest BCUT2D eigenvalue weighted by molar-refractivity contribution is 5.75. The smallest absolute Gasteiger partial charge is 0.437 e. The minimum absolute atomic E-state index is 0.0326. The Labute approximate surface area is 136 Å². The summed E-state index contributed by atoms with van der Waals surface area (Å²) < 4.78 is 16.4. The van der Waals surface area contributed by atoms with Gasteiger partial charge in [-0.25, -0.2) is 4.79 Å². The number of ether oxygens (including phenoxy) is 1. The Balaban J connectivity index is 1.48. The van der Waals surface area contributed by atoms with Gasteiger partial charge in [0.05, 0.1) is 12.8 Å². The van der Waals surface area contributed by atoms with Gasteiger partial charge in [0, 0.05) is 0 Å². The molecule has 0 bridgehead atoms. The number of nitrogens with one attached hydrogen (secondary N) is 1. The summed E-state index contributed by atoms with van der Waals surface area (Å²) in [4.78, 5) is 23.5. The van der Waals surface area contributed by atoms with Crippen molar-refractivity contribution >= 4 is 5.91 Å². The van der Waals surface area contributed by atoms with Gasteiger partial charge in [-0.3, -0.25) is 4.79 Å². The van der Waals surface area contributed by atoms with Gasteiger partial charge < -0.3 is 18.9 Å². The summed E-state index contributed by atoms with van der Waals surface area (Å²) in [6, 6.07) is 12.5. The fourth-order valence-electron chi connectivity index (χ4n) is 1.97. The summed E-state index contributed by atoms with van der Waals surface area (Å²) in [5.74, 6) is -0.0135. The average molecular weight is 329 g/mol. The zero-order chi connectivity index (χ0) is 16.8. The Hall–Kier alpha value is -3.29. The van der Waals surface area contributed by atoms with Crippen molar-refractivity contribution in [1.29, 1.82) is 0 Å². The fourth-order valence-corrected chi connectivity index (χ4v) is 1.97. The van der Waals surface area contributed by atoms with Crippen LogP contribution in [0.1, 0.15) is 0 Å². The number of nitrogens with zero attached hydrogens (tertiary/aromatic N) is 2. The molecule has 0 atom stereocenters. The van der Waals surface area contributed by atoms with Crippen LogP contribution in [-0.4, -0.2) is 28.8 Å². The van der Waals surface area contributed by atoms with Gasteiger partial charge in [-0.05, 0) is 24.3 Å². The highest BCUT2D eigenvalue weighted by Crippen LogP contribution is 2.14. The number of para-hydroxylation sites is 1. The van der Waals surface area contributed by atoms with E-state index in [1.54, 1.807) is 12.1 Å². The lowest BCUT2D eigenvalue weighted by atomic mass is 10.3. The lowest BCUT2D eigenvalue weighted by molar-refractivity contribution is -0.122. The predicted molar refractivity (Wildman–Crippen MR) is 83.4 cm³/mol. The van der Waals surface area contributed by atoms with E-state index in [4.69, 9.17) is 13.6 Å². The first kappa shape index (κ1) is 15.6. The second kappa shape index (κ2) is 7.32. The molecular weight excluding hydrogens is 314 g/mol. The topological polar surface area (TPSA) is 99.5 Å². The monoisotopic (exact) mass is 329 g/mol. The van der Waals surface area contributed by atoms with Crippen molar-refractivity contribution in [1.82, 2.24) is 15.1 Å². The van der Waals surface area contributed by atoms with E-state index in [0.29, 0.717) is 18.9 Å². The molecule has 2 heterocycles. The minimum atomic E-state index is -0.725. The molecule has 0 fully saturated rings. The van der Waals surface area contributed by atoms with Gasteiger partial charge in [0.25, 0.3) is 5.89 Å². The molecule has 0 saturated heterocycles. The van der Waals surface area contributed by atoms with Crippen LogP contribution in [0.2, 0.25) is 0 Å². The van der Waals surface area contributed by atoms with Crippen molar-refractivity contribution in [2.75, 3.05) is 13.2 Å². The SMILES string of the molecule is O=C(Cn1nc(-c2ccco2)oc1=O)NCCOc1ccccc1. The summed E-state index contributed by atoms with van der Waals surface area (Å²) in [7, 11) is 0. The van der Waals surface area contributed by atoms with E-state index in [2.05, 4.69) is 10.4 Å². The lowest BCUT2D eigenvalue weighted by Gasteiger charge is -2.07. The van der Waals surface area contributed by atoms with Crippen LogP contribution in [0.25, 0.3) is 11.7 Å². The van der Waals surface area contributed by atoms with Crippen molar-refractivity contribution < 1.29 is 18.4 Å². The largest absolute Gasteiger partial charge is 0.492 e. The lowest BCUT2D eigenvalue weighted by Crippen LogP contribution is -2.33. The molecule has 2 aromatic heterocycles. The highest BCUT2D eigenvalue weighted by atomic mass is 16.5. The molecule has 1 N–H and O–H groups in total. The van der Waals surface area contributed by atoms with E-state index in [0.717, 1.165) is 10.4 Å². The van der Waals surface area contributed by atoms with Crippen LogP contribution in [-0.2, 0) is 11.3 Å². The normalized spacial score (nSPS) is 10.5. The number of carbonyl (C=O) groups excluding carboxylic acids is 1. The summed E-state index contributed by atoms with van der Waals surface area (Å²) >= 11 is 0. The van der Waals surface area contributed by atoms with E-state index in [1.807, 2.05) is 30.3 Å². The molecule has 0 radical (unpaired) electrons. The first-order chi connectivity index (χ1) is 11.7. The van der Waals surface area contributed by atoms with E-state index in [-0.39, 0.29) is 18.3 Å². The number of rotatable bonds is 7. The summed E-state index contributed by atoms with van der Waals surface area (Å²) in [5, 5.41) is 6.56. The van der Waals surface area contributed by atoms with Gasteiger partial charge in [0.1, 0.15) is 18.9 Å². The van der Waals surface area contributed by atoms with E-state index >= 15 is 0 Å². The predicted octanol–water partition coefficient (Wildman–Crippen LogP) is 1.29. The van der Waals surface area contributed by atoms with Crippen molar-refractivity contribution in [3.63, 3.8) is 0 Å². The number of hydrogen-bond donors (Lipinski definition) is 1. The Bertz CT molecular complexity index is 836. The van der Waals surface area contributed by atoms with E-state index in [9.17, 15) is 9.59 Å². The number of amides is 1. The van der Waals surface area contributed by atoms with Gasteiger partial charge in [-0.1, -0.05) is 18.2 Å². The van der Waals surface area contributed by atoms with Crippen molar-refractivity contribution in [3.8, 4) is 17.4 Å². The number of aromatic nitrogens is 2. The third kappa shape index (κ3) is 3.92. The van der Waals surface area contributed by atoms with E-state index < -0.39 is 5.76 Å². The molecule has 0 aliphatic carbocycles. The molecule has 8 nitrogen and oxygen atoms in total. The molecule has 3 aromatic rings. The Morgan fingerprint density at radius 1 is 1.21 bits per heavy atom. The van der Waals surface area contributed by atoms with Crippen LogP contribution in [0.5, 0.6) is 5.75 Å². The summed E-state index contributed by atoms with van der Waals surface area (Å²) in [6.07, 6.45) is 1.44. The molecule has 24 heavy (non-hydrogen) atoms. The quantitative estimate of drug-likeness (QED) is 0.656. The van der Waals surface area contributed by atoms with Crippen LogP contribution >= 0.6 is 0 Å². The maximum Gasteiger partial charge on any atom is 0.437 e. The molecule has 1 amide bonds. The molecule has 0 saturated carbocycles. The minimum Gasteiger partial charge on any atom is -0.492 e. The molecule has 0 aliphatic heterocycles. The first-order valence-electron chi connectivity index (χ1n) is 7.29. The highest BCUT2D eigenvalue weighted by Gasteiger charge is 2.14. The standard InChI is InChI=1S/C16H15N3O5/c20-14(17-8-10-22-12-5-2-1-3-6-12)11-19-16(21)24-15(18-19)13-7-4-9-23-13/h1-7,9H,8,10-11H2,(H,17,20). The van der Waals surface area contributed by atoms with Crippen LogP contribution in [0.3, 0.4) is 0 Å². The average Bonchev–Trinajstić information content (AvgIpc) is 3.23. The van der Waals surface area contributed by atoms with Crippen LogP contribution in [0, 0.1) is 0 Å². The van der Waals surface area contributed by atoms with Crippen LogP contribution in [0.4, 0.5) is 0 Å². The van der Waals surface area contributed by atoms with Gasteiger partial charge in [0.15, 0.2) is 5.76 Å². The Morgan fingerprint density at radius 2 is 2.04 bits per heavy atom. The maximum atomic E-state index is 11.8. The van der Waals surface area contributed by atoms with Crippen molar-refractivity contribution in [2.24, 2.45) is 0 Å². The first-order valence-corrected chi connectivity index (χ1v) is 7.29. The second-order valence-electron chi connectivity index (χ2n) is 4.82. The van der Waals surface area contributed by atoms with Gasteiger partial charge in [0.2, 0.25) is 5.91 Å². The molecule has 0 aliphatic rings. The zero-order valence-corrected chi connectivity index (χ0v) is 12.7. The molecule has 0 unspecified atom stereocenters. The van der Waals surface area contributed by atoms with Gasteiger partial charge in [-0.15, -0.1) is 5.10 Å². The third-order valence-corrected chi connectivity index (χ3v) is 3.07. The summed E-state index contributed by atoms with van der Waals surface area (Å²) in [5.41, 5.74) is 0. The zero-order valence-electron chi connectivity index (χ0n) is 12.7. The fraction of sp³-hybridized carbons (Fsp3) is 0.188. The van der Waals surface area contributed by atoms with Crippen LogP contribution in [0.15, 0.2) is 62.4 Å². The Kier molecular flexibility index (Phi) is 4.76. The number of furan rings is 1. The molecular formula is C16H15N3O5. The van der Waals surface area contributed by atoms with Crippen molar-refractivity contribution in [2.45, 2.75) is 6.54 Å². The molecule has 1 aromatic carbocycles. The summed E-state index contributed by atoms with van der Waals surface area (Å²) in [6.45, 7) is 0.390.